The molecule has 1 aliphatic rings. The standard InChI is InChI=1S/C9H18N2O/c1-11(10)7-6-8-2-4-9(12)5-3-8/h8H,2-7,10H2,1H3. The molecule has 1 rings (SSSR count). The van der Waals surface area contributed by atoms with Gasteiger partial charge < -0.3 is 0 Å². The number of nitrogens with two attached hydrogens (primary N) is 1. The molecule has 0 aromatic carbocycles. The fourth-order valence-corrected chi connectivity index (χ4v) is 1.67. The van der Waals surface area contributed by atoms with Crippen LogP contribution in [0.1, 0.15) is 32.1 Å². The summed E-state index contributed by atoms with van der Waals surface area (Å²) in [6.07, 6.45) is 4.87. The highest BCUT2D eigenvalue weighted by Gasteiger charge is 2.18. The van der Waals surface area contributed by atoms with E-state index in [2.05, 4.69) is 0 Å². The van der Waals surface area contributed by atoms with Gasteiger partial charge in [-0.25, -0.2) is 0 Å². The van der Waals surface area contributed by atoms with Crippen LogP contribution in [0.3, 0.4) is 0 Å². The fourth-order valence-electron chi connectivity index (χ4n) is 1.67. The van der Waals surface area contributed by atoms with E-state index in [1.165, 1.54) is 0 Å². The van der Waals surface area contributed by atoms with E-state index in [-0.39, 0.29) is 0 Å². The smallest absolute Gasteiger partial charge is 0.132 e. The van der Waals surface area contributed by atoms with Crippen molar-refractivity contribution in [3.63, 3.8) is 0 Å². The molecule has 1 aliphatic carbocycles. The van der Waals surface area contributed by atoms with Crippen LogP contribution in [0.2, 0.25) is 0 Å². The van der Waals surface area contributed by atoms with E-state index in [1.54, 1.807) is 5.01 Å². The lowest BCUT2D eigenvalue weighted by atomic mass is 9.86. The topological polar surface area (TPSA) is 46.3 Å². The normalized spacial score (nSPS) is 20.4. The Morgan fingerprint density at radius 1 is 1.50 bits per heavy atom. The molecule has 0 bridgehead atoms. The van der Waals surface area contributed by atoms with Crippen LogP contribution >= 0.6 is 0 Å². The van der Waals surface area contributed by atoms with Crippen molar-refractivity contribution in [1.29, 1.82) is 0 Å². The largest absolute Gasteiger partial charge is 0.300 e. The van der Waals surface area contributed by atoms with Gasteiger partial charge >= 0.3 is 0 Å². The second-order valence-corrected chi connectivity index (χ2v) is 3.75. The molecule has 0 radical (unpaired) electrons. The lowest BCUT2D eigenvalue weighted by molar-refractivity contribution is -0.121. The van der Waals surface area contributed by atoms with E-state index < -0.39 is 0 Å². The van der Waals surface area contributed by atoms with Gasteiger partial charge in [0.25, 0.3) is 0 Å². The number of Topliss-reactive ketones (excluding diaryl/α,β-unsaturated/α-hetero) is 1. The van der Waals surface area contributed by atoms with E-state index in [9.17, 15) is 4.79 Å². The van der Waals surface area contributed by atoms with Crippen LogP contribution in [-0.4, -0.2) is 24.4 Å². The van der Waals surface area contributed by atoms with Gasteiger partial charge in [0.2, 0.25) is 0 Å². The van der Waals surface area contributed by atoms with Gasteiger partial charge in [-0.1, -0.05) is 0 Å². The molecule has 0 aliphatic heterocycles. The Bertz CT molecular complexity index is 147. The zero-order chi connectivity index (χ0) is 8.97. The lowest BCUT2D eigenvalue weighted by Gasteiger charge is -2.22. The SMILES string of the molecule is CN(N)CCC1CCC(=O)CC1. The Balaban J connectivity index is 2.13. The first-order valence-electron chi connectivity index (χ1n) is 4.66. The minimum atomic E-state index is 0.437. The first kappa shape index (κ1) is 9.68. The van der Waals surface area contributed by atoms with Crippen LogP contribution in [-0.2, 0) is 4.79 Å². The third kappa shape index (κ3) is 3.32. The van der Waals surface area contributed by atoms with Gasteiger partial charge in [0.1, 0.15) is 5.78 Å². The Kier molecular flexibility index (Phi) is 3.69. The maximum atomic E-state index is 10.9. The molecule has 0 spiro atoms. The zero-order valence-electron chi connectivity index (χ0n) is 7.75. The number of hydrogen-bond acceptors (Lipinski definition) is 3. The molecule has 70 valence electrons. The maximum absolute atomic E-state index is 10.9. The number of nitrogens with zero attached hydrogens (tertiary/aromatic N) is 1. The van der Waals surface area contributed by atoms with Crippen LogP contribution in [0, 0.1) is 5.92 Å². The minimum Gasteiger partial charge on any atom is -0.300 e. The predicted molar refractivity (Wildman–Crippen MR) is 48.4 cm³/mol. The molecule has 12 heavy (non-hydrogen) atoms. The van der Waals surface area contributed by atoms with Crippen LogP contribution in [0.25, 0.3) is 0 Å². The second-order valence-electron chi connectivity index (χ2n) is 3.75. The number of ketones is 1. The molecule has 1 fully saturated rings. The van der Waals surface area contributed by atoms with Crippen molar-refractivity contribution in [3.05, 3.63) is 0 Å². The van der Waals surface area contributed by atoms with E-state index in [0.717, 1.165) is 44.6 Å². The van der Waals surface area contributed by atoms with Gasteiger partial charge in [0, 0.05) is 26.4 Å². The van der Waals surface area contributed by atoms with Crippen LogP contribution in [0.4, 0.5) is 0 Å². The summed E-state index contributed by atoms with van der Waals surface area (Å²) in [5.74, 6) is 6.67. The third-order valence-corrected chi connectivity index (χ3v) is 2.55. The molecule has 0 saturated heterocycles. The molecule has 3 nitrogen and oxygen atoms in total. The Morgan fingerprint density at radius 2 is 2.08 bits per heavy atom. The zero-order valence-corrected chi connectivity index (χ0v) is 7.75. The molecular formula is C9H18N2O. The summed E-state index contributed by atoms with van der Waals surface area (Å²) in [4.78, 5) is 10.9. The molecule has 0 unspecified atom stereocenters. The van der Waals surface area contributed by atoms with Gasteiger partial charge in [0.05, 0.1) is 0 Å². The van der Waals surface area contributed by atoms with Crippen molar-refractivity contribution >= 4 is 5.78 Å². The molecule has 1 saturated carbocycles. The molecule has 3 heteroatoms. The number of carbonyl (C=O) groups is 1. The molecule has 0 atom stereocenters. The summed E-state index contributed by atoms with van der Waals surface area (Å²) in [5.41, 5.74) is 0. The highest BCUT2D eigenvalue weighted by molar-refractivity contribution is 5.78. The summed E-state index contributed by atoms with van der Waals surface area (Å²) in [6.45, 7) is 0.943. The van der Waals surface area contributed by atoms with Crippen molar-refractivity contribution in [2.24, 2.45) is 11.8 Å². The van der Waals surface area contributed by atoms with Crippen LogP contribution in [0.5, 0.6) is 0 Å². The van der Waals surface area contributed by atoms with Crippen molar-refractivity contribution < 1.29 is 4.79 Å². The summed E-state index contributed by atoms with van der Waals surface area (Å²) in [7, 11) is 1.88. The lowest BCUT2D eigenvalue weighted by Crippen LogP contribution is -2.29. The highest BCUT2D eigenvalue weighted by atomic mass is 16.1. The Hall–Kier alpha value is -0.410. The first-order valence-corrected chi connectivity index (χ1v) is 4.66. The molecule has 0 aromatic rings. The summed E-state index contributed by atoms with van der Waals surface area (Å²) in [5, 5.41) is 1.72. The Labute approximate surface area is 73.9 Å². The van der Waals surface area contributed by atoms with E-state index in [0.29, 0.717) is 5.78 Å². The van der Waals surface area contributed by atoms with Crippen molar-refractivity contribution in [3.8, 4) is 0 Å². The fraction of sp³-hybridized carbons (Fsp3) is 0.889. The average molecular weight is 170 g/mol. The molecule has 0 aromatic heterocycles. The van der Waals surface area contributed by atoms with Crippen molar-refractivity contribution in [2.75, 3.05) is 13.6 Å². The Morgan fingerprint density at radius 3 is 2.58 bits per heavy atom. The molecule has 0 heterocycles. The molecule has 2 N–H and O–H groups in total. The average Bonchev–Trinajstić information content (AvgIpc) is 2.03. The summed E-state index contributed by atoms with van der Waals surface area (Å²) < 4.78 is 0. The minimum absolute atomic E-state index is 0.437. The van der Waals surface area contributed by atoms with Gasteiger partial charge in [-0.05, 0) is 25.2 Å². The maximum Gasteiger partial charge on any atom is 0.132 e. The predicted octanol–water partition coefficient (Wildman–Crippen LogP) is 0.941. The highest BCUT2D eigenvalue weighted by Crippen LogP contribution is 2.23. The van der Waals surface area contributed by atoms with Gasteiger partial charge in [-0.3, -0.25) is 15.6 Å². The van der Waals surface area contributed by atoms with Gasteiger partial charge in [0.15, 0.2) is 0 Å². The third-order valence-electron chi connectivity index (χ3n) is 2.55. The van der Waals surface area contributed by atoms with Crippen LogP contribution in [0.15, 0.2) is 0 Å². The number of hydrogen-bond donors (Lipinski definition) is 1. The van der Waals surface area contributed by atoms with Gasteiger partial charge in [-0.15, -0.1) is 0 Å². The number of hydrazine groups is 1. The quantitative estimate of drug-likeness (QED) is 0.506. The summed E-state index contributed by atoms with van der Waals surface area (Å²) in [6, 6.07) is 0. The molecular weight excluding hydrogens is 152 g/mol. The molecule has 0 amide bonds. The van der Waals surface area contributed by atoms with Crippen molar-refractivity contribution in [1.82, 2.24) is 5.01 Å². The first-order chi connectivity index (χ1) is 5.68. The van der Waals surface area contributed by atoms with Gasteiger partial charge in [-0.2, -0.15) is 0 Å². The van der Waals surface area contributed by atoms with E-state index in [4.69, 9.17) is 5.84 Å². The number of rotatable bonds is 3. The van der Waals surface area contributed by atoms with E-state index >= 15 is 0 Å². The summed E-state index contributed by atoms with van der Waals surface area (Å²) >= 11 is 0. The second kappa shape index (κ2) is 4.58. The van der Waals surface area contributed by atoms with Crippen LogP contribution < -0.4 is 5.84 Å². The monoisotopic (exact) mass is 170 g/mol. The number of carbonyl (C=O) groups excluding carboxylic acids is 1. The van der Waals surface area contributed by atoms with E-state index in [1.807, 2.05) is 7.05 Å². The van der Waals surface area contributed by atoms with Crippen molar-refractivity contribution in [2.45, 2.75) is 32.1 Å².